The second-order valence-corrected chi connectivity index (χ2v) is 5.65. The molecule has 106 valence electrons. The summed E-state index contributed by atoms with van der Waals surface area (Å²) in [6.07, 6.45) is 0. The molecule has 1 N–H and O–H groups in total. The fourth-order valence-corrected chi connectivity index (χ4v) is 2.54. The molecule has 0 aliphatic carbocycles. The Morgan fingerprint density at radius 3 is 2.60 bits per heavy atom. The number of aryl methyl sites for hydroxylation is 1. The zero-order valence-electron chi connectivity index (χ0n) is 12.3. The third kappa shape index (κ3) is 3.02. The zero-order valence-corrected chi connectivity index (χ0v) is 12.3. The maximum Gasteiger partial charge on any atom is 0.254 e. The molecule has 1 heterocycles. The molecule has 20 heavy (non-hydrogen) atoms. The zero-order chi connectivity index (χ0) is 14.7. The van der Waals surface area contributed by atoms with E-state index >= 15 is 0 Å². The minimum Gasteiger partial charge on any atom is -0.384 e. The minimum absolute atomic E-state index is 0.0892. The largest absolute Gasteiger partial charge is 0.384 e. The summed E-state index contributed by atoms with van der Waals surface area (Å²) < 4.78 is 0. The number of hydrogen-bond acceptors (Lipinski definition) is 2. The lowest BCUT2D eigenvalue weighted by molar-refractivity contribution is 0.0784. The van der Waals surface area contributed by atoms with Crippen LogP contribution in [-0.4, -0.2) is 35.6 Å². The van der Waals surface area contributed by atoms with Gasteiger partial charge in [-0.3, -0.25) is 4.79 Å². The molecule has 0 spiro atoms. The lowest BCUT2D eigenvalue weighted by atomic mass is 10.0. The molecule has 1 saturated heterocycles. The predicted molar refractivity (Wildman–Crippen MR) is 79.4 cm³/mol. The van der Waals surface area contributed by atoms with Crippen molar-refractivity contribution in [1.29, 1.82) is 0 Å². The van der Waals surface area contributed by atoms with E-state index in [0.717, 1.165) is 29.8 Å². The summed E-state index contributed by atoms with van der Waals surface area (Å²) in [5.74, 6) is 6.66. The number of carbonyl (C=O) groups excluding carboxylic acids is 1. The average molecular weight is 271 g/mol. The van der Waals surface area contributed by atoms with Crippen LogP contribution in [-0.2, 0) is 0 Å². The maximum absolute atomic E-state index is 12.6. The van der Waals surface area contributed by atoms with Gasteiger partial charge in [-0.2, -0.15) is 0 Å². The first kappa shape index (κ1) is 14.6. The van der Waals surface area contributed by atoms with Crippen LogP contribution in [0.15, 0.2) is 18.2 Å². The second kappa shape index (κ2) is 6.11. The van der Waals surface area contributed by atoms with Crippen molar-refractivity contribution in [2.75, 3.05) is 19.7 Å². The third-order valence-electron chi connectivity index (χ3n) is 4.06. The molecule has 3 nitrogen and oxygen atoms in total. The molecule has 1 aromatic carbocycles. The number of amides is 1. The van der Waals surface area contributed by atoms with Crippen molar-refractivity contribution >= 4 is 5.91 Å². The Hall–Kier alpha value is -1.79. The number of benzene rings is 1. The van der Waals surface area contributed by atoms with Crippen LogP contribution < -0.4 is 0 Å². The van der Waals surface area contributed by atoms with Crippen LogP contribution in [0.1, 0.15) is 35.3 Å². The molecule has 0 bridgehead atoms. The summed E-state index contributed by atoms with van der Waals surface area (Å²) in [4.78, 5) is 14.5. The molecule has 1 aromatic rings. The van der Waals surface area contributed by atoms with Gasteiger partial charge >= 0.3 is 0 Å². The van der Waals surface area contributed by atoms with E-state index in [0.29, 0.717) is 11.8 Å². The number of rotatable bonds is 1. The van der Waals surface area contributed by atoms with Gasteiger partial charge in [0.25, 0.3) is 5.91 Å². The molecule has 1 fully saturated rings. The molecule has 0 radical (unpaired) electrons. The predicted octanol–water partition coefficient (Wildman–Crippen LogP) is 2.07. The van der Waals surface area contributed by atoms with Crippen molar-refractivity contribution in [1.82, 2.24) is 4.90 Å². The van der Waals surface area contributed by atoms with Crippen LogP contribution in [0.4, 0.5) is 0 Å². The molecule has 2 rings (SSSR count). The van der Waals surface area contributed by atoms with E-state index in [4.69, 9.17) is 5.11 Å². The van der Waals surface area contributed by atoms with Gasteiger partial charge in [0.15, 0.2) is 0 Å². The molecule has 1 amide bonds. The highest BCUT2D eigenvalue weighted by Crippen LogP contribution is 2.24. The van der Waals surface area contributed by atoms with Crippen molar-refractivity contribution in [3.8, 4) is 11.8 Å². The number of likely N-dealkylation sites (tertiary alicyclic amines) is 1. The first-order chi connectivity index (χ1) is 9.52. The third-order valence-corrected chi connectivity index (χ3v) is 4.06. The Bertz CT molecular complexity index is 558. The van der Waals surface area contributed by atoms with Crippen LogP contribution in [0.3, 0.4) is 0 Å². The summed E-state index contributed by atoms with van der Waals surface area (Å²) in [7, 11) is 0. The van der Waals surface area contributed by atoms with Gasteiger partial charge in [-0.25, -0.2) is 0 Å². The number of aliphatic hydroxyl groups is 1. The summed E-state index contributed by atoms with van der Waals surface area (Å²) in [5.41, 5.74) is 2.46. The fourth-order valence-electron chi connectivity index (χ4n) is 2.54. The summed E-state index contributed by atoms with van der Waals surface area (Å²) in [6.45, 7) is 7.80. The molecule has 1 aliphatic rings. The standard InChI is InChI=1S/C17H21NO2/c1-12-6-7-15(5-4-8-19)9-16(12)17(20)18-10-13(2)14(3)11-18/h6-7,9,13-14,19H,8,10-11H2,1-3H3. The van der Waals surface area contributed by atoms with Crippen molar-refractivity contribution in [2.24, 2.45) is 11.8 Å². The highest BCUT2D eigenvalue weighted by atomic mass is 16.2. The Labute approximate surface area is 120 Å². The van der Waals surface area contributed by atoms with Crippen LogP contribution in [0.5, 0.6) is 0 Å². The van der Waals surface area contributed by atoms with E-state index in [1.165, 1.54) is 0 Å². The lowest BCUT2D eigenvalue weighted by Gasteiger charge is -2.17. The van der Waals surface area contributed by atoms with Crippen molar-refractivity contribution in [2.45, 2.75) is 20.8 Å². The monoisotopic (exact) mass is 271 g/mol. The van der Waals surface area contributed by atoms with Crippen LogP contribution in [0.25, 0.3) is 0 Å². The number of carbonyl (C=O) groups is 1. The highest BCUT2D eigenvalue weighted by Gasteiger charge is 2.30. The highest BCUT2D eigenvalue weighted by molar-refractivity contribution is 5.96. The smallest absolute Gasteiger partial charge is 0.254 e. The van der Waals surface area contributed by atoms with E-state index in [9.17, 15) is 4.79 Å². The Kier molecular flexibility index (Phi) is 4.46. The Morgan fingerprint density at radius 1 is 1.35 bits per heavy atom. The van der Waals surface area contributed by atoms with Gasteiger partial charge in [0.2, 0.25) is 0 Å². The SMILES string of the molecule is Cc1ccc(C#CCO)cc1C(=O)N1CC(C)C(C)C1. The second-order valence-electron chi connectivity index (χ2n) is 5.65. The summed E-state index contributed by atoms with van der Waals surface area (Å²) in [6, 6.07) is 5.62. The van der Waals surface area contributed by atoms with Crippen LogP contribution in [0, 0.1) is 30.6 Å². The van der Waals surface area contributed by atoms with E-state index in [1.807, 2.05) is 30.0 Å². The number of hydrogen-bond donors (Lipinski definition) is 1. The van der Waals surface area contributed by atoms with Gasteiger partial charge in [-0.05, 0) is 36.5 Å². The first-order valence-corrected chi connectivity index (χ1v) is 7.02. The van der Waals surface area contributed by atoms with Gasteiger partial charge in [-0.15, -0.1) is 0 Å². The first-order valence-electron chi connectivity index (χ1n) is 7.02. The molecule has 0 saturated carbocycles. The molecular formula is C17H21NO2. The van der Waals surface area contributed by atoms with Gasteiger partial charge in [0.05, 0.1) is 0 Å². The summed E-state index contributed by atoms with van der Waals surface area (Å²) >= 11 is 0. The van der Waals surface area contributed by atoms with Crippen molar-refractivity contribution in [3.05, 3.63) is 34.9 Å². The fraction of sp³-hybridized carbons (Fsp3) is 0.471. The minimum atomic E-state index is -0.168. The van der Waals surface area contributed by atoms with Crippen molar-refractivity contribution < 1.29 is 9.90 Å². The molecular weight excluding hydrogens is 250 g/mol. The van der Waals surface area contributed by atoms with Gasteiger partial charge in [-0.1, -0.05) is 31.8 Å². The van der Waals surface area contributed by atoms with E-state index < -0.39 is 0 Å². The van der Waals surface area contributed by atoms with E-state index in [-0.39, 0.29) is 12.5 Å². The molecule has 1 aliphatic heterocycles. The maximum atomic E-state index is 12.6. The summed E-state index contributed by atoms with van der Waals surface area (Å²) in [5, 5.41) is 8.74. The lowest BCUT2D eigenvalue weighted by Crippen LogP contribution is -2.29. The topological polar surface area (TPSA) is 40.5 Å². The van der Waals surface area contributed by atoms with E-state index in [1.54, 1.807) is 0 Å². The molecule has 2 atom stereocenters. The molecule has 3 heteroatoms. The quantitative estimate of drug-likeness (QED) is 0.794. The number of nitrogens with zero attached hydrogens (tertiary/aromatic N) is 1. The van der Waals surface area contributed by atoms with Gasteiger partial charge < -0.3 is 10.0 Å². The van der Waals surface area contributed by atoms with Crippen LogP contribution >= 0.6 is 0 Å². The Morgan fingerprint density at radius 2 is 2.00 bits per heavy atom. The normalized spacial score (nSPS) is 21.5. The number of aliphatic hydroxyl groups excluding tert-OH is 1. The average Bonchev–Trinajstić information content (AvgIpc) is 2.77. The van der Waals surface area contributed by atoms with Crippen LogP contribution in [0.2, 0.25) is 0 Å². The van der Waals surface area contributed by atoms with Gasteiger partial charge in [0.1, 0.15) is 6.61 Å². The van der Waals surface area contributed by atoms with Crippen molar-refractivity contribution in [3.63, 3.8) is 0 Å². The van der Waals surface area contributed by atoms with E-state index in [2.05, 4.69) is 25.7 Å². The Balaban J connectivity index is 2.25. The molecule has 0 aromatic heterocycles. The van der Waals surface area contributed by atoms with Gasteiger partial charge in [0, 0.05) is 24.2 Å². The molecule has 2 unspecified atom stereocenters.